The molecule has 45 heavy (non-hydrogen) atoms. The number of carbonyl (C=O) groups excluding carboxylic acids is 4. The first kappa shape index (κ1) is 37.4. The summed E-state index contributed by atoms with van der Waals surface area (Å²) in [6.45, 7) is 12.1. The van der Waals surface area contributed by atoms with Gasteiger partial charge in [0.05, 0.1) is 0 Å². The summed E-state index contributed by atoms with van der Waals surface area (Å²) in [6.07, 6.45) is 6.05. The SMILES string of the molecule is CC(C)(C)OC(=O)N[C@@H](CCCCN)C(=O)NCCCCCCNC(=O)[C@H](Cc1c[nH]c2ccccc12)NC(=O)OC(C)(C)C. The molecule has 1 heterocycles. The van der Waals surface area contributed by atoms with Crippen molar-refractivity contribution in [2.75, 3.05) is 19.6 Å². The van der Waals surface area contributed by atoms with E-state index in [1.165, 1.54) is 0 Å². The predicted molar refractivity (Wildman–Crippen MR) is 176 cm³/mol. The number of benzene rings is 1. The first-order chi connectivity index (χ1) is 21.2. The number of carbonyl (C=O) groups is 4. The smallest absolute Gasteiger partial charge is 0.408 e. The van der Waals surface area contributed by atoms with E-state index in [-0.39, 0.29) is 11.8 Å². The Morgan fingerprint density at radius 2 is 1.29 bits per heavy atom. The number of unbranched alkanes of at least 4 members (excludes halogenated alkanes) is 4. The van der Waals surface area contributed by atoms with E-state index < -0.39 is 35.5 Å². The van der Waals surface area contributed by atoms with Gasteiger partial charge in [-0.3, -0.25) is 9.59 Å². The Morgan fingerprint density at radius 1 is 0.756 bits per heavy atom. The van der Waals surface area contributed by atoms with Crippen molar-refractivity contribution in [1.29, 1.82) is 0 Å². The second kappa shape index (κ2) is 18.2. The third-order valence-corrected chi connectivity index (χ3v) is 6.76. The number of rotatable bonds is 17. The average Bonchev–Trinajstić information content (AvgIpc) is 3.34. The first-order valence-corrected chi connectivity index (χ1v) is 16.0. The minimum Gasteiger partial charge on any atom is -0.444 e. The van der Waals surface area contributed by atoms with Crippen molar-refractivity contribution in [1.82, 2.24) is 26.3 Å². The van der Waals surface area contributed by atoms with Crippen LogP contribution >= 0.6 is 0 Å². The lowest BCUT2D eigenvalue weighted by molar-refractivity contribution is -0.124. The van der Waals surface area contributed by atoms with Crippen molar-refractivity contribution in [3.63, 3.8) is 0 Å². The van der Waals surface area contributed by atoms with Crippen molar-refractivity contribution >= 4 is 34.9 Å². The maximum Gasteiger partial charge on any atom is 0.408 e. The molecule has 0 saturated carbocycles. The van der Waals surface area contributed by atoms with Gasteiger partial charge in [-0.05, 0) is 91.8 Å². The summed E-state index contributed by atoms with van der Waals surface area (Å²) in [7, 11) is 0. The van der Waals surface area contributed by atoms with Gasteiger partial charge in [-0.25, -0.2) is 9.59 Å². The summed E-state index contributed by atoms with van der Waals surface area (Å²) in [5, 5.41) is 12.3. The highest BCUT2D eigenvalue weighted by Crippen LogP contribution is 2.19. The molecule has 7 N–H and O–H groups in total. The monoisotopic (exact) mass is 630 g/mol. The van der Waals surface area contributed by atoms with Gasteiger partial charge in [0, 0.05) is 36.6 Å². The fourth-order valence-corrected chi connectivity index (χ4v) is 4.66. The first-order valence-electron chi connectivity index (χ1n) is 16.0. The molecule has 0 aliphatic rings. The number of aromatic amines is 1. The Morgan fingerprint density at radius 3 is 1.84 bits per heavy atom. The number of hydrogen-bond donors (Lipinski definition) is 6. The van der Waals surface area contributed by atoms with Crippen LogP contribution in [0.3, 0.4) is 0 Å². The van der Waals surface area contributed by atoms with Gasteiger partial charge in [-0.2, -0.15) is 0 Å². The fraction of sp³-hybridized carbons (Fsp3) is 0.636. The summed E-state index contributed by atoms with van der Waals surface area (Å²) in [6, 6.07) is 6.32. The zero-order chi connectivity index (χ0) is 33.5. The molecule has 12 nitrogen and oxygen atoms in total. The van der Waals surface area contributed by atoms with Crippen LogP contribution in [-0.4, -0.2) is 71.9 Å². The highest BCUT2D eigenvalue weighted by Gasteiger charge is 2.26. The number of H-pyrrole nitrogens is 1. The molecule has 0 aliphatic heterocycles. The molecule has 4 amide bonds. The molecule has 252 valence electrons. The Balaban J connectivity index is 1.78. The maximum atomic E-state index is 13.1. The number of para-hydroxylation sites is 1. The number of amides is 4. The van der Waals surface area contributed by atoms with E-state index in [1.54, 1.807) is 41.5 Å². The predicted octanol–water partition coefficient (Wildman–Crippen LogP) is 4.42. The fourth-order valence-electron chi connectivity index (χ4n) is 4.66. The van der Waals surface area contributed by atoms with Crippen molar-refractivity contribution in [2.24, 2.45) is 5.73 Å². The molecule has 0 fully saturated rings. The van der Waals surface area contributed by atoms with E-state index >= 15 is 0 Å². The highest BCUT2D eigenvalue weighted by atomic mass is 16.6. The summed E-state index contributed by atoms with van der Waals surface area (Å²) >= 11 is 0. The van der Waals surface area contributed by atoms with Crippen molar-refractivity contribution in [2.45, 2.75) is 116 Å². The van der Waals surface area contributed by atoms with Crippen molar-refractivity contribution in [3.8, 4) is 0 Å². The number of fused-ring (bicyclic) bond motifs is 1. The molecule has 0 radical (unpaired) electrons. The maximum absolute atomic E-state index is 13.1. The molecular formula is C33H54N6O6. The van der Waals surface area contributed by atoms with Crippen LogP contribution in [0.15, 0.2) is 30.5 Å². The molecule has 1 aromatic heterocycles. The molecule has 2 atom stereocenters. The third-order valence-electron chi connectivity index (χ3n) is 6.76. The zero-order valence-corrected chi connectivity index (χ0v) is 27.8. The second-order valence-corrected chi connectivity index (χ2v) is 13.2. The van der Waals surface area contributed by atoms with E-state index in [0.717, 1.165) is 48.6 Å². The largest absolute Gasteiger partial charge is 0.444 e. The van der Waals surface area contributed by atoms with Gasteiger partial charge in [0.25, 0.3) is 0 Å². The normalized spacial score (nSPS) is 13.0. The summed E-state index contributed by atoms with van der Waals surface area (Å²) < 4.78 is 10.7. The number of hydrogen-bond acceptors (Lipinski definition) is 7. The number of nitrogens with one attached hydrogen (secondary N) is 5. The van der Waals surface area contributed by atoms with Gasteiger partial charge >= 0.3 is 12.2 Å². The Hall–Kier alpha value is -3.80. The molecular weight excluding hydrogens is 576 g/mol. The van der Waals surface area contributed by atoms with Crippen LogP contribution in [-0.2, 0) is 25.5 Å². The van der Waals surface area contributed by atoms with Gasteiger partial charge in [-0.1, -0.05) is 31.0 Å². The summed E-state index contributed by atoms with van der Waals surface area (Å²) in [4.78, 5) is 53.8. The summed E-state index contributed by atoms with van der Waals surface area (Å²) in [5.41, 5.74) is 6.12. The minimum absolute atomic E-state index is 0.246. The van der Waals surface area contributed by atoms with Crippen LogP contribution in [0.2, 0.25) is 0 Å². The van der Waals surface area contributed by atoms with Gasteiger partial charge in [0.15, 0.2) is 0 Å². The molecule has 0 bridgehead atoms. The molecule has 2 rings (SSSR count). The standard InChI is InChI=1S/C33H54N6O6/c1-32(2,3)44-30(42)38-26(17-11-12-18-34)28(40)35-19-13-7-8-14-20-36-29(41)27(39-31(43)45-33(4,5)6)21-23-22-37-25-16-10-9-15-24(23)25/h9-10,15-16,22,26-27,37H,7-8,11-14,17-21,34H2,1-6H3,(H,35,40)(H,36,41)(H,38,42)(H,39,43)/t26-,27-/m0/s1. The number of nitrogens with two attached hydrogens (primary N) is 1. The van der Waals surface area contributed by atoms with Crippen molar-refractivity contribution < 1.29 is 28.7 Å². The van der Waals surface area contributed by atoms with Gasteiger partial charge in [-0.15, -0.1) is 0 Å². The van der Waals surface area contributed by atoms with Crippen LogP contribution in [0.1, 0.15) is 92.1 Å². The second-order valence-electron chi connectivity index (χ2n) is 13.2. The Bertz CT molecular complexity index is 1230. The van der Waals surface area contributed by atoms with Gasteiger partial charge in [0.1, 0.15) is 23.3 Å². The van der Waals surface area contributed by atoms with Crippen LogP contribution in [0.25, 0.3) is 10.9 Å². The molecule has 0 aliphatic carbocycles. The van der Waals surface area contributed by atoms with Crippen LogP contribution in [0.5, 0.6) is 0 Å². The highest BCUT2D eigenvalue weighted by molar-refractivity contribution is 5.88. The van der Waals surface area contributed by atoms with Crippen LogP contribution < -0.4 is 27.0 Å². The molecule has 1 aromatic carbocycles. The van der Waals surface area contributed by atoms with Gasteiger partial charge in [0.2, 0.25) is 11.8 Å². The number of ether oxygens (including phenoxy) is 2. The Kier molecular flexibility index (Phi) is 15.2. The average molecular weight is 631 g/mol. The van der Waals surface area contributed by atoms with E-state index in [0.29, 0.717) is 38.9 Å². The zero-order valence-electron chi connectivity index (χ0n) is 27.8. The molecule has 0 unspecified atom stereocenters. The van der Waals surface area contributed by atoms with Gasteiger partial charge < -0.3 is 41.5 Å². The lowest BCUT2D eigenvalue weighted by Gasteiger charge is -2.23. The number of aromatic nitrogens is 1. The summed E-state index contributed by atoms with van der Waals surface area (Å²) in [5.74, 6) is -0.527. The van der Waals surface area contributed by atoms with E-state index in [9.17, 15) is 19.2 Å². The van der Waals surface area contributed by atoms with Crippen LogP contribution in [0.4, 0.5) is 9.59 Å². The third kappa shape index (κ3) is 15.2. The van der Waals surface area contributed by atoms with Crippen molar-refractivity contribution in [3.05, 3.63) is 36.0 Å². The Labute approximate surface area is 267 Å². The minimum atomic E-state index is -0.804. The quantitative estimate of drug-likeness (QED) is 0.140. The molecule has 0 spiro atoms. The lowest BCUT2D eigenvalue weighted by atomic mass is 10.0. The lowest BCUT2D eigenvalue weighted by Crippen LogP contribution is -2.49. The van der Waals surface area contributed by atoms with Crippen LogP contribution in [0, 0.1) is 0 Å². The topological polar surface area (TPSA) is 177 Å². The van der Waals surface area contributed by atoms with E-state index in [4.69, 9.17) is 15.2 Å². The molecule has 12 heteroatoms. The van der Waals surface area contributed by atoms with E-state index in [1.807, 2.05) is 30.5 Å². The molecule has 2 aromatic rings. The number of alkyl carbamates (subject to hydrolysis) is 2. The van der Waals surface area contributed by atoms with E-state index in [2.05, 4.69) is 26.3 Å². The molecule has 0 saturated heterocycles.